The molecule has 0 unspecified atom stereocenters. The number of amides is 1. The molecule has 0 aliphatic heterocycles. The highest BCUT2D eigenvalue weighted by Crippen LogP contribution is 2.38. The number of anilines is 1. The van der Waals surface area contributed by atoms with Gasteiger partial charge in [-0.15, -0.1) is 0 Å². The molecule has 1 aromatic heterocycles. The molecule has 1 aromatic carbocycles. The summed E-state index contributed by atoms with van der Waals surface area (Å²) in [6.07, 6.45) is 4.74. The molecule has 0 aliphatic carbocycles. The van der Waals surface area contributed by atoms with Gasteiger partial charge in [-0.05, 0) is 25.5 Å². The van der Waals surface area contributed by atoms with E-state index in [4.69, 9.17) is 4.74 Å². The number of ether oxygens (including phenoxy) is 1. The van der Waals surface area contributed by atoms with Crippen molar-refractivity contribution in [1.29, 1.82) is 0 Å². The quantitative estimate of drug-likeness (QED) is 0.689. The third kappa shape index (κ3) is 5.06. The van der Waals surface area contributed by atoms with Crippen LogP contribution in [0.1, 0.15) is 45.2 Å². The van der Waals surface area contributed by atoms with Gasteiger partial charge in [0, 0.05) is 12.5 Å². The van der Waals surface area contributed by atoms with Crippen LogP contribution in [0.2, 0.25) is 0 Å². The molecule has 5 heteroatoms. The number of para-hydroxylation sites is 1. The van der Waals surface area contributed by atoms with Crippen LogP contribution in [0, 0.1) is 6.92 Å². The number of carbonyl (C=O) groups is 1. The summed E-state index contributed by atoms with van der Waals surface area (Å²) in [7, 11) is 0. The van der Waals surface area contributed by atoms with Crippen LogP contribution in [-0.4, -0.2) is 17.5 Å². The number of rotatable bonds is 8. The van der Waals surface area contributed by atoms with Crippen LogP contribution < -0.4 is 10.1 Å². The van der Waals surface area contributed by atoms with Gasteiger partial charge in [0.05, 0.1) is 17.2 Å². The van der Waals surface area contributed by atoms with Gasteiger partial charge < -0.3 is 10.1 Å². The Kier molecular flexibility index (Phi) is 6.59. The number of aromatic nitrogens is 1. The van der Waals surface area contributed by atoms with Gasteiger partial charge in [0.1, 0.15) is 5.75 Å². The number of hydrogen-bond acceptors (Lipinski definition) is 4. The van der Waals surface area contributed by atoms with E-state index < -0.39 is 0 Å². The van der Waals surface area contributed by atoms with E-state index in [2.05, 4.69) is 17.2 Å². The lowest BCUT2D eigenvalue weighted by atomic mass is 10.1. The molecular formula is C18H24N2O2S. The molecule has 0 bridgehead atoms. The number of benzene rings is 1. The lowest BCUT2D eigenvalue weighted by Gasteiger charge is -2.10. The van der Waals surface area contributed by atoms with Crippen molar-refractivity contribution in [3.05, 3.63) is 30.0 Å². The first-order valence-corrected chi connectivity index (χ1v) is 8.90. The van der Waals surface area contributed by atoms with E-state index in [1.807, 2.05) is 31.2 Å². The number of hydrogen-bond donors (Lipinski definition) is 1. The minimum Gasteiger partial charge on any atom is -0.493 e. The molecule has 0 aliphatic rings. The predicted molar refractivity (Wildman–Crippen MR) is 96.2 cm³/mol. The second-order valence-corrected chi connectivity index (χ2v) is 6.52. The van der Waals surface area contributed by atoms with Crippen LogP contribution in [0.25, 0.3) is 10.4 Å². The second-order valence-electron chi connectivity index (χ2n) is 5.52. The molecule has 23 heavy (non-hydrogen) atoms. The summed E-state index contributed by atoms with van der Waals surface area (Å²) in [5, 5.41) is 3.38. The Morgan fingerprint density at radius 1 is 1.26 bits per heavy atom. The van der Waals surface area contributed by atoms with E-state index in [-0.39, 0.29) is 5.91 Å². The minimum atomic E-state index is -0.106. The summed E-state index contributed by atoms with van der Waals surface area (Å²) < 4.78 is 5.98. The summed E-state index contributed by atoms with van der Waals surface area (Å²) in [4.78, 5) is 16.7. The summed E-state index contributed by atoms with van der Waals surface area (Å²) in [6.45, 7) is 6.38. The van der Waals surface area contributed by atoms with Crippen molar-refractivity contribution >= 4 is 22.4 Å². The van der Waals surface area contributed by atoms with Gasteiger partial charge in [-0.2, -0.15) is 0 Å². The first kappa shape index (κ1) is 17.5. The number of unbranched alkanes of at least 4 members (excludes halogenated alkanes) is 3. The van der Waals surface area contributed by atoms with Crippen molar-refractivity contribution < 1.29 is 9.53 Å². The molecule has 0 fully saturated rings. The fraction of sp³-hybridized carbons (Fsp3) is 0.444. The van der Waals surface area contributed by atoms with Crippen molar-refractivity contribution in [2.75, 3.05) is 11.9 Å². The van der Waals surface area contributed by atoms with Gasteiger partial charge in [0.2, 0.25) is 5.91 Å². The summed E-state index contributed by atoms with van der Waals surface area (Å²) in [6, 6.07) is 8.01. The van der Waals surface area contributed by atoms with Crippen molar-refractivity contribution in [2.24, 2.45) is 0 Å². The van der Waals surface area contributed by atoms with E-state index >= 15 is 0 Å². The van der Waals surface area contributed by atoms with E-state index in [0.717, 1.165) is 34.9 Å². The highest BCUT2D eigenvalue weighted by atomic mass is 32.1. The Morgan fingerprint density at radius 2 is 2.04 bits per heavy atom. The number of thiazole rings is 1. The monoisotopic (exact) mass is 332 g/mol. The molecule has 4 nitrogen and oxygen atoms in total. The molecular weight excluding hydrogens is 308 g/mol. The summed E-state index contributed by atoms with van der Waals surface area (Å²) in [5.41, 5.74) is 1.94. The number of aryl methyl sites for hydroxylation is 1. The zero-order valence-corrected chi connectivity index (χ0v) is 14.8. The van der Waals surface area contributed by atoms with Crippen LogP contribution in [-0.2, 0) is 4.79 Å². The number of carbonyl (C=O) groups excluding carboxylic acids is 1. The van der Waals surface area contributed by atoms with E-state index in [9.17, 15) is 4.79 Å². The first-order valence-electron chi connectivity index (χ1n) is 8.09. The minimum absolute atomic E-state index is 0.106. The van der Waals surface area contributed by atoms with Gasteiger partial charge >= 0.3 is 0 Å². The molecule has 0 atom stereocenters. The largest absolute Gasteiger partial charge is 0.493 e. The Labute approximate surface area is 141 Å². The van der Waals surface area contributed by atoms with Crippen molar-refractivity contribution in [3.63, 3.8) is 0 Å². The number of nitrogens with zero attached hydrogens (tertiary/aromatic N) is 1. The molecule has 0 spiro atoms. The van der Waals surface area contributed by atoms with Gasteiger partial charge in [-0.1, -0.05) is 49.7 Å². The van der Waals surface area contributed by atoms with Crippen molar-refractivity contribution in [2.45, 2.75) is 46.5 Å². The Balaban J connectivity index is 2.13. The average Bonchev–Trinajstić information content (AvgIpc) is 2.87. The smallest absolute Gasteiger partial charge is 0.223 e. The van der Waals surface area contributed by atoms with E-state index in [1.54, 1.807) is 0 Å². The molecule has 0 radical (unpaired) electrons. The third-order valence-corrected chi connectivity index (χ3v) is 4.57. The average molecular weight is 332 g/mol. The van der Waals surface area contributed by atoms with Crippen molar-refractivity contribution in [1.82, 2.24) is 4.98 Å². The lowest BCUT2D eigenvalue weighted by Crippen LogP contribution is -2.04. The standard InChI is InChI=1S/C18H24N2O2S/c1-4-5-6-9-12-22-16-11-8-7-10-15(16)17-13(2)19-18(23-17)20-14(3)21/h7-8,10-11H,4-6,9,12H2,1-3H3,(H,19,20,21). The second kappa shape index (κ2) is 8.67. The first-order chi connectivity index (χ1) is 11.1. The fourth-order valence-electron chi connectivity index (χ4n) is 2.34. The Morgan fingerprint density at radius 3 is 2.78 bits per heavy atom. The maximum atomic E-state index is 11.2. The zero-order chi connectivity index (χ0) is 16.7. The highest BCUT2D eigenvalue weighted by molar-refractivity contribution is 7.19. The normalized spacial score (nSPS) is 10.6. The molecule has 1 amide bonds. The van der Waals surface area contributed by atoms with Gasteiger partial charge in [0.25, 0.3) is 0 Å². The molecule has 1 N–H and O–H groups in total. The maximum absolute atomic E-state index is 11.2. The molecule has 2 rings (SSSR count). The SMILES string of the molecule is CCCCCCOc1ccccc1-c1sc(NC(C)=O)nc1C. The third-order valence-electron chi connectivity index (χ3n) is 3.47. The molecule has 2 aromatic rings. The molecule has 0 saturated heterocycles. The van der Waals surface area contributed by atoms with Gasteiger partial charge in [-0.3, -0.25) is 4.79 Å². The van der Waals surface area contributed by atoms with E-state index in [1.165, 1.54) is 37.5 Å². The molecule has 1 heterocycles. The Bertz CT molecular complexity index is 652. The van der Waals surface area contributed by atoms with Crippen LogP contribution in [0.5, 0.6) is 5.75 Å². The summed E-state index contributed by atoms with van der Waals surface area (Å²) >= 11 is 1.48. The van der Waals surface area contributed by atoms with Gasteiger partial charge in [-0.25, -0.2) is 4.98 Å². The molecule has 124 valence electrons. The zero-order valence-electron chi connectivity index (χ0n) is 14.0. The van der Waals surface area contributed by atoms with Gasteiger partial charge in [0.15, 0.2) is 5.13 Å². The number of nitrogens with one attached hydrogen (secondary N) is 1. The maximum Gasteiger partial charge on any atom is 0.223 e. The lowest BCUT2D eigenvalue weighted by molar-refractivity contribution is -0.114. The van der Waals surface area contributed by atoms with Crippen LogP contribution in [0.4, 0.5) is 5.13 Å². The van der Waals surface area contributed by atoms with Crippen LogP contribution in [0.3, 0.4) is 0 Å². The van der Waals surface area contributed by atoms with Crippen LogP contribution >= 0.6 is 11.3 Å². The fourth-order valence-corrected chi connectivity index (χ4v) is 3.38. The predicted octanol–water partition coefficient (Wildman–Crippen LogP) is 5.04. The molecule has 0 saturated carbocycles. The van der Waals surface area contributed by atoms with Crippen molar-refractivity contribution in [3.8, 4) is 16.2 Å². The summed E-state index contributed by atoms with van der Waals surface area (Å²) in [5.74, 6) is 0.774. The highest BCUT2D eigenvalue weighted by Gasteiger charge is 2.14. The topological polar surface area (TPSA) is 51.2 Å². The van der Waals surface area contributed by atoms with Crippen LogP contribution in [0.15, 0.2) is 24.3 Å². The Hall–Kier alpha value is -1.88. The van der Waals surface area contributed by atoms with E-state index in [0.29, 0.717) is 5.13 Å².